The van der Waals surface area contributed by atoms with Crippen molar-refractivity contribution in [3.05, 3.63) is 81.2 Å². The van der Waals surface area contributed by atoms with Gasteiger partial charge >= 0.3 is 0 Å². The van der Waals surface area contributed by atoms with Crippen LogP contribution in [0.3, 0.4) is 0 Å². The molecule has 2 heterocycles. The molecular formula is C25H24N4O5S. The van der Waals surface area contributed by atoms with Crippen LogP contribution in [0.1, 0.15) is 39.2 Å². The molecule has 2 amide bonds. The van der Waals surface area contributed by atoms with Crippen LogP contribution < -0.4 is 25.7 Å². The van der Waals surface area contributed by atoms with E-state index in [-0.39, 0.29) is 15.5 Å². The molecule has 2 aromatic carbocycles. The molecule has 0 fully saturated rings. The standard InChI is InChI=1S/C25H24N4O5S/c1-4-8-16-13-20(30)29-21(23(31)28-18-12-11-17(33-2)14-19(18)34-3)22(35-25(29)27-16)24(32)26-15-9-6-5-7-10-15/h5-7,9-14H,4,8H2,1-3H3,(H,26,32)(H,28,31). The number of para-hydroxylation sites is 1. The predicted molar refractivity (Wildman–Crippen MR) is 135 cm³/mol. The van der Waals surface area contributed by atoms with Crippen LogP contribution in [0, 0.1) is 0 Å². The van der Waals surface area contributed by atoms with E-state index in [0.717, 1.165) is 17.8 Å². The first-order chi connectivity index (χ1) is 16.9. The number of fused-ring (bicyclic) bond motifs is 1. The number of hydrogen-bond donors (Lipinski definition) is 2. The van der Waals surface area contributed by atoms with Gasteiger partial charge < -0.3 is 20.1 Å². The van der Waals surface area contributed by atoms with Gasteiger partial charge in [0.1, 0.15) is 22.1 Å². The highest BCUT2D eigenvalue weighted by Crippen LogP contribution is 2.30. The summed E-state index contributed by atoms with van der Waals surface area (Å²) in [5.74, 6) is -0.254. The Morgan fingerprint density at radius 2 is 1.77 bits per heavy atom. The van der Waals surface area contributed by atoms with Crippen LogP contribution >= 0.6 is 11.3 Å². The molecular weight excluding hydrogens is 468 g/mol. The maximum atomic E-state index is 13.5. The molecule has 0 bridgehead atoms. The van der Waals surface area contributed by atoms with E-state index in [1.165, 1.54) is 24.7 Å². The third-order valence-corrected chi connectivity index (χ3v) is 6.23. The maximum absolute atomic E-state index is 13.5. The molecule has 0 radical (unpaired) electrons. The number of ether oxygens (including phenoxy) is 2. The number of amides is 2. The number of thiazole rings is 1. The van der Waals surface area contributed by atoms with Crippen molar-refractivity contribution in [2.75, 3.05) is 24.9 Å². The molecule has 9 nitrogen and oxygen atoms in total. The summed E-state index contributed by atoms with van der Waals surface area (Å²) in [6.45, 7) is 1.98. The number of aryl methyl sites for hydroxylation is 1. The third kappa shape index (κ3) is 5.02. The Bertz CT molecular complexity index is 1450. The average molecular weight is 493 g/mol. The number of aromatic nitrogens is 2. The monoisotopic (exact) mass is 492 g/mol. The van der Waals surface area contributed by atoms with Crippen LogP contribution in [0.5, 0.6) is 11.5 Å². The van der Waals surface area contributed by atoms with Gasteiger partial charge in [0.05, 0.1) is 19.9 Å². The minimum Gasteiger partial charge on any atom is -0.497 e. The Kier molecular flexibility index (Phi) is 7.11. The molecule has 0 aliphatic rings. The van der Waals surface area contributed by atoms with Crippen molar-refractivity contribution in [1.82, 2.24) is 9.38 Å². The van der Waals surface area contributed by atoms with E-state index in [1.807, 2.05) is 13.0 Å². The number of hydrogen-bond acceptors (Lipinski definition) is 7. The molecule has 4 rings (SSSR count). The summed E-state index contributed by atoms with van der Waals surface area (Å²) in [5, 5.41) is 5.54. The molecule has 0 spiro atoms. The van der Waals surface area contributed by atoms with Gasteiger partial charge in [-0.05, 0) is 30.7 Å². The highest BCUT2D eigenvalue weighted by atomic mass is 32.1. The second-order valence-electron chi connectivity index (χ2n) is 7.57. The smallest absolute Gasteiger partial charge is 0.274 e. The molecule has 180 valence electrons. The van der Waals surface area contributed by atoms with Gasteiger partial charge in [-0.2, -0.15) is 0 Å². The van der Waals surface area contributed by atoms with Crippen LogP contribution in [-0.2, 0) is 6.42 Å². The van der Waals surface area contributed by atoms with Gasteiger partial charge in [0.15, 0.2) is 4.96 Å². The molecule has 2 N–H and O–H groups in total. The zero-order chi connectivity index (χ0) is 24.9. The van der Waals surface area contributed by atoms with E-state index in [2.05, 4.69) is 15.6 Å². The van der Waals surface area contributed by atoms with Crippen molar-refractivity contribution >= 4 is 39.5 Å². The Labute approximate surface area is 205 Å². The number of carbonyl (C=O) groups excluding carboxylic acids is 2. The Morgan fingerprint density at radius 3 is 2.46 bits per heavy atom. The number of methoxy groups -OCH3 is 2. The van der Waals surface area contributed by atoms with E-state index >= 15 is 0 Å². The van der Waals surface area contributed by atoms with E-state index < -0.39 is 17.4 Å². The Morgan fingerprint density at radius 1 is 1.00 bits per heavy atom. The Hall–Kier alpha value is -4.18. The molecule has 0 aliphatic heterocycles. The van der Waals surface area contributed by atoms with Gasteiger partial charge in [0.25, 0.3) is 17.4 Å². The molecule has 0 aliphatic carbocycles. The lowest BCUT2D eigenvalue weighted by Crippen LogP contribution is -2.25. The number of rotatable bonds is 8. The maximum Gasteiger partial charge on any atom is 0.274 e. The second kappa shape index (κ2) is 10.4. The summed E-state index contributed by atoms with van der Waals surface area (Å²) in [6, 6.07) is 15.2. The van der Waals surface area contributed by atoms with E-state index in [9.17, 15) is 14.4 Å². The van der Waals surface area contributed by atoms with E-state index in [1.54, 1.807) is 42.5 Å². The lowest BCUT2D eigenvalue weighted by atomic mass is 10.2. The molecule has 4 aromatic rings. The number of benzene rings is 2. The topological polar surface area (TPSA) is 111 Å². The fraction of sp³-hybridized carbons (Fsp3) is 0.200. The summed E-state index contributed by atoms with van der Waals surface area (Å²) < 4.78 is 11.7. The molecule has 35 heavy (non-hydrogen) atoms. The number of nitrogens with zero attached hydrogens (tertiary/aromatic N) is 2. The van der Waals surface area contributed by atoms with Crippen LogP contribution in [0.2, 0.25) is 0 Å². The summed E-state index contributed by atoms with van der Waals surface area (Å²) >= 11 is 0.988. The van der Waals surface area contributed by atoms with E-state index in [0.29, 0.717) is 35.0 Å². The molecule has 0 saturated carbocycles. The highest BCUT2D eigenvalue weighted by Gasteiger charge is 2.27. The van der Waals surface area contributed by atoms with Crippen molar-refractivity contribution in [2.45, 2.75) is 19.8 Å². The van der Waals surface area contributed by atoms with Crippen LogP contribution in [0.15, 0.2) is 59.4 Å². The van der Waals surface area contributed by atoms with Crippen molar-refractivity contribution < 1.29 is 19.1 Å². The largest absolute Gasteiger partial charge is 0.497 e. The third-order valence-electron chi connectivity index (χ3n) is 5.19. The van der Waals surface area contributed by atoms with Crippen LogP contribution in [0.25, 0.3) is 4.96 Å². The molecule has 0 atom stereocenters. The first kappa shape index (κ1) is 24.0. The van der Waals surface area contributed by atoms with Crippen molar-refractivity contribution in [1.29, 1.82) is 0 Å². The summed E-state index contributed by atoms with van der Waals surface area (Å²) in [6.07, 6.45) is 1.42. The predicted octanol–water partition coefficient (Wildman–Crippen LogP) is 4.23. The van der Waals surface area contributed by atoms with Crippen molar-refractivity contribution in [3.8, 4) is 11.5 Å². The van der Waals surface area contributed by atoms with Crippen molar-refractivity contribution in [3.63, 3.8) is 0 Å². The highest BCUT2D eigenvalue weighted by molar-refractivity contribution is 7.19. The number of nitrogens with one attached hydrogen (secondary N) is 2. The van der Waals surface area contributed by atoms with Gasteiger partial charge in [-0.3, -0.25) is 14.4 Å². The number of anilines is 2. The normalized spacial score (nSPS) is 10.7. The SMILES string of the molecule is CCCc1cc(=O)n2c(C(=O)Nc3ccc(OC)cc3OC)c(C(=O)Nc3ccccc3)sc2n1. The van der Waals surface area contributed by atoms with Crippen molar-refractivity contribution in [2.24, 2.45) is 0 Å². The fourth-order valence-corrected chi connectivity index (χ4v) is 4.60. The summed E-state index contributed by atoms with van der Waals surface area (Å²) in [7, 11) is 2.99. The minimum atomic E-state index is -0.648. The Balaban J connectivity index is 1.81. The first-order valence-electron chi connectivity index (χ1n) is 10.9. The number of carbonyl (C=O) groups is 2. The molecule has 2 aromatic heterocycles. The summed E-state index contributed by atoms with van der Waals surface area (Å²) in [5.41, 5.74) is 0.996. The molecule has 10 heteroatoms. The van der Waals surface area contributed by atoms with Gasteiger partial charge in [0, 0.05) is 23.5 Å². The van der Waals surface area contributed by atoms with Gasteiger partial charge in [-0.1, -0.05) is 42.9 Å². The first-order valence-corrected chi connectivity index (χ1v) is 11.7. The summed E-state index contributed by atoms with van der Waals surface area (Å²) in [4.78, 5) is 44.6. The zero-order valence-corrected chi connectivity index (χ0v) is 20.3. The minimum absolute atomic E-state index is 0.0667. The van der Waals surface area contributed by atoms with Crippen LogP contribution in [0.4, 0.5) is 11.4 Å². The molecule has 0 unspecified atom stereocenters. The molecule has 0 saturated heterocycles. The van der Waals surface area contributed by atoms with E-state index in [4.69, 9.17) is 9.47 Å². The zero-order valence-electron chi connectivity index (χ0n) is 19.5. The van der Waals surface area contributed by atoms with Gasteiger partial charge in [-0.15, -0.1) is 0 Å². The van der Waals surface area contributed by atoms with Crippen LogP contribution in [-0.4, -0.2) is 35.4 Å². The van der Waals surface area contributed by atoms with Gasteiger partial charge in [0.2, 0.25) is 0 Å². The lowest BCUT2D eigenvalue weighted by Gasteiger charge is -2.12. The average Bonchev–Trinajstić information content (AvgIpc) is 3.25. The quantitative estimate of drug-likeness (QED) is 0.381. The van der Waals surface area contributed by atoms with Gasteiger partial charge in [-0.25, -0.2) is 9.38 Å². The lowest BCUT2D eigenvalue weighted by molar-refractivity contribution is 0.0989. The second-order valence-corrected chi connectivity index (χ2v) is 8.55. The fourth-order valence-electron chi connectivity index (χ4n) is 3.56.